The van der Waals surface area contributed by atoms with Gasteiger partial charge >= 0.3 is 0 Å². The molecule has 0 bridgehead atoms. The molecule has 0 spiro atoms. The summed E-state index contributed by atoms with van der Waals surface area (Å²) in [5.74, 6) is 0. The fourth-order valence-corrected chi connectivity index (χ4v) is 10.6. The Hall–Kier alpha value is -6.38. The summed E-state index contributed by atoms with van der Waals surface area (Å²) in [6.07, 6.45) is 0. The summed E-state index contributed by atoms with van der Waals surface area (Å²) in [4.78, 5) is 2.47. The van der Waals surface area contributed by atoms with Crippen LogP contribution in [0.4, 0.5) is 17.1 Å². The fourth-order valence-electron chi connectivity index (χ4n) is 10.6. The quantitative estimate of drug-likeness (QED) is 0.178. The highest BCUT2D eigenvalue weighted by atomic mass is 16.3. The molecule has 0 amide bonds. The highest BCUT2D eigenvalue weighted by molar-refractivity contribution is 6.15. The van der Waals surface area contributed by atoms with Gasteiger partial charge in [0, 0.05) is 44.2 Å². The van der Waals surface area contributed by atoms with Crippen molar-refractivity contribution in [3.05, 3.63) is 184 Å². The second-order valence-electron chi connectivity index (χ2n) is 18.0. The van der Waals surface area contributed by atoms with Crippen molar-refractivity contribution in [1.82, 2.24) is 0 Å². The number of nitrogens with zero attached hydrogens (tertiary/aromatic N) is 1. The van der Waals surface area contributed by atoms with Crippen molar-refractivity contribution in [3.8, 4) is 33.4 Å². The molecule has 0 radical (unpaired) electrons. The molecule has 0 atom stereocenters. The lowest BCUT2D eigenvalue weighted by atomic mass is 9.79. The topological polar surface area (TPSA) is 16.4 Å². The number of benzene rings is 8. The Morgan fingerprint density at radius 3 is 1.69 bits per heavy atom. The van der Waals surface area contributed by atoms with E-state index in [-0.39, 0.29) is 10.8 Å². The van der Waals surface area contributed by atoms with Crippen molar-refractivity contribution in [3.63, 3.8) is 0 Å². The lowest BCUT2D eigenvalue weighted by Crippen LogP contribution is -2.18. The fraction of sp³-hybridized carbons (Fsp3) is 0.179. The molecule has 0 N–H and O–H groups in total. The van der Waals surface area contributed by atoms with Crippen LogP contribution < -0.4 is 4.90 Å². The van der Waals surface area contributed by atoms with Gasteiger partial charge in [0.05, 0.1) is 0 Å². The second kappa shape index (κ2) is 12.1. The van der Waals surface area contributed by atoms with E-state index in [1.54, 1.807) is 0 Å². The lowest BCUT2D eigenvalue weighted by molar-refractivity contribution is 0.652. The predicted molar refractivity (Wildman–Crippen MR) is 245 cm³/mol. The van der Waals surface area contributed by atoms with Crippen LogP contribution in [-0.4, -0.2) is 0 Å². The van der Waals surface area contributed by atoms with Crippen molar-refractivity contribution < 1.29 is 4.42 Å². The molecule has 9 aromatic rings. The monoisotopic (exact) mass is 749 g/mol. The van der Waals surface area contributed by atoms with E-state index in [0.717, 1.165) is 27.5 Å². The van der Waals surface area contributed by atoms with Gasteiger partial charge in [-0.1, -0.05) is 130 Å². The predicted octanol–water partition coefficient (Wildman–Crippen LogP) is 15.7. The molecular weight excluding hydrogens is 703 g/mol. The van der Waals surface area contributed by atoms with E-state index in [9.17, 15) is 0 Å². The number of anilines is 3. The third-order valence-electron chi connectivity index (χ3n) is 13.6. The maximum Gasteiger partial charge on any atom is 0.143 e. The summed E-state index contributed by atoms with van der Waals surface area (Å²) in [7, 11) is 0. The van der Waals surface area contributed by atoms with Crippen molar-refractivity contribution in [2.45, 2.75) is 66.2 Å². The lowest BCUT2D eigenvalue weighted by Gasteiger charge is -2.30. The van der Waals surface area contributed by atoms with Gasteiger partial charge < -0.3 is 9.32 Å². The number of fused-ring (bicyclic) bond motifs is 11. The normalized spacial score (nSPS) is 14.5. The van der Waals surface area contributed by atoms with Crippen molar-refractivity contribution in [2.24, 2.45) is 0 Å². The molecular formula is C56H47NO. The van der Waals surface area contributed by atoms with E-state index in [4.69, 9.17) is 4.42 Å². The molecule has 2 aliphatic carbocycles. The molecule has 0 unspecified atom stereocenters. The molecule has 2 heteroatoms. The first-order valence-corrected chi connectivity index (χ1v) is 20.7. The van der Waals surface area contributed by atoms with Gasteiger partial charge in [0.2, 0.25) is 0 Å². The highest BCUT2D eigenvalue weighted by Crippen LogP contribution is 2.59. The van der Waals surface area contributed by atoms with Crippen molar-refractivity contribution in [2.75, 3.05) is 4.90 Å². The zero-order valence-electron chi connectivity index (χ0n) is 34.6. The molecule has 58 heavy (non-hydrogen) atoms. The second-order valence-corrected chi connectivity index (χ2v) is 18.0. The van der Waals surface area contributed by atoms with Gasteiger partial charge in [-0.2, -0.15) is 0 Å². The van der Waals surface area contributed by atoms with Crippen LogP contribution in [0.5, 0.6) is 0 Å². The zero-order chi connectivity index (χ0) is 39.8. The van der Waals surface area contributed by atoms with Gasteiger partial charge in [0.1, 0.15) is 11.2 Å². The molecule has 2 aliphatic rings. The van der Waals surface area contributed by atoms with Crippen LogP contribution in [0.1, 0.15) is 72.2 Å². The molecule has 11 rings (SSSR count). The van der Waals surface area contributed by atoms with Crippen LogP contribution in [0.25, 0.3) is 66.1 Å². The van der Waals surface area contributed by atoms with Crippen LogP contribution in [0.3, 0.4) is 0 Å². The first-order valence-electron chi connectivity index (χ1n) is 20.7. The maximum atomic E-state index is 6.62. The SMILES string of the molecule is Cc1ccc(N(c2ccc3c(c2)C(C)(C)c2cc4c(cc2-3)C(C)(C)c2cc(-c3cccc5c3oc3ccccc35)c3ccccc3c2-4)c2ccc(C)cc2C)c(C)c1. The van der Waals surface area contributed by atoms with Crippen LogP contribution in [-0.2, 0) is 10.8 Å². The summed E-state index contributed by atoms with van der Waals surface area (Å²) < 4.78 is 6.62. The first-order chi connectivity index (χ1) is 27.9. The average Bonchev–Trinajstić information content (AvgIpc) is 3.78. The van der Waals surface area contributed by atoms with Gasteiger partial charge in [-0.15, -0.1) is 0 Å². The summed E-state index contributed by atoms with van der Waals surface area (Å²) in [5, 5.41) is 4.86. The van der Waals surface area contributed by atoms with Crippen molar-refractivity contribution >= 4 is 49.8 Å². The number of rotatable bonds is 4. The molecule has 0 saturated heterocycles. The van der Waals surface area contributed by atoms with Crippen molar-refractivity contribution in [1.29, 1.82) is 0 Å². The highest BCUT2D eigenvalue weighted by Gasteiger charge is 2.43. The minimum Gasteiger partial charge on any atom is -0.455 e. The first kappa shape index (κ1) is 34.8. The Morgan fingerprint density at radius 2 is 0.983 bits per heavy atom. The Balaban J connectivity index is 1.09. The van der Waals surface area contributed by atoms with E-state index in [2.05, 4.69) is 200 Å². The molecule has 2 nitrogen and oxygen atoms in total. The molecule has 1 heterocycles. The third kappa shape index (κ3) is 4.78. The minimum absolute atomic E-state index is 0.203. The largest absolute Gasteiger partial charge is 0.455 e. The van der Waals surface area contributed by atoms with E-state index in [1.807, 2.05) is 0 Å². The number of hydrogen-bond acceptors (Lipinski definition) is 2. The number of aryl methyl sites for hydroxylation is 4. The smallest absolute Gasteiger partial charge is 0.143 e. The van der Waals surface area contributed by atoms with Crippen LogP contribution in [0.2, 0.25) is 0 Å². The Bertz CT molecular complexity index is 3170. The number of para-hydroxylation sites is 2. The summed E-state index contributed by atoms with van der Waals surface area (Å²) >= 11 is 0. The average molecular weight is 750 g/mol. The van der Waals surface area contributed by atoms with Gasteiger partial charge in [-0.05, 0) is 148 Å². The summed E-state index contributed by atoms with van der Waals surface area (Å²) in [6, 6.07) is 52.4. The van der Waals surface area contributed by atoms with Crippen LogP contribution in [0, 0.1) is 27.7 Å². The van der Waals surface area contributed by atoms with Gasteiger partial charge in [-0.3, -0.25) is 0 Å². The minimum atomic E-state index is -0.212. The number of furan rings is 1. The molecule has 0 aliphatic heterocycles. The standard InChI is InChI=1S/C56H47NO/c1-32-20-24-50(34(3)26-32)57(51-25-21-33(2)27-35(51)4)36-22-23-38-44-30-48-45(31-47(44)55(5,6)46(38)28-36)53-40-16-10-9-14-37(40)43(29-49(53)56(48,7)8)42-18-13-17-41-39-15-11-12-19-52(39)58-54(41)42/h9-31H,1-8H3. The van der Waals surface area contributed by atoms with E-state index in [0.29, 0.717) is 0 Å². The Morgan fingerprint density at radius 1 is 0.414 bits per heavy atom. The van der Waals surface area contributed by atoms with E-state index in [1.165, 1.54) is 100 Å². The molecule has 0 saturated carbocycles. The van der Waals surface area contributed by atoms with Gasteiger partial charge in [-0.25, -0.2) is 0 Å². The van der Waals surface area contributed by atoms with Crippen LogP contribution in [0.15, 0.2) is 144 Å². The molecule has 282 valence electrons. The van der Waals surface area contributed by atoms with E-state index < -0.39 is 0 Å². The molecule has 8 aromatic carbocycles. The number of hydrogen-bond donors (Lipinski definition) is 0. The Kier molecular flexibility index (Phi) is 7.25. The van der Waals surface area contributed by atoms with Crippen LogP contribution >= 0.6 is 0 Å². The maximum absolute atomic E-state index is 6.62. The third-order valence-corrected chi connectivity index (χ3v) is 13.6. The summed E-state index contributed by atoms with van der Waals surface area (Å²) in [6.45, 7) is 18.5. The molecule has 1 aromatic heterocycles. The zero-order valence-corrected chi connectivity index (χ0v) is 34.6. The molecule has 0 fully saturated rings. The van der Waals surface area contributed by atoms with Gasteiger partial charge in [0.25, 0.3) is 0 Å². The van der Waals surface area contributed by atoms with Gasteiger partial charge in [0.15, 0.2) is 0 Å². The Labute approximate surface area is 341 Å². The van der Waals surface area contributed by atoms with E-state index >= 15 is 0 Å². The summed E-state index contributed by atoms with van der Waals surface area (Å²) in [5.41, 5.74) is 23.5.